The number of aliphatic hydroxyl groups excluding tert-OH is 1. The van der Waals surface area contributed by atoms with Gasteiger partial charge in [0.2, 0.25) is 0 Å². The van der Waals surface area contributed by atoms with Gasteiger partial charge in [-0.1, -0.05) is 13.8 Å². The predicted octanol–water partition coefficient (Wildman–Crippen LogP) is 0.176. The summed E-state index contributed by atoms with van der Waals surface area (Å²) in [6.45, 7) is 4.50. The van der Waals surface area contributed by atoms with Crippen LogP contribution in [0, 0.1) is 11.3 Å². The van der Waals surface area contributed by atoms with Gasteiger partial charge in [-0.3, -0.25) is 4.79 Å². The molecule has 10 heavy (non-hydrogen) atoms. The van der Waals surface area contributed by atoms with Crippen molar-refractivity contribution in [2.45, 2.75) is 20.0 Å². The molecule has 1 aliphatic carbocycles. The smallest absolute Gasteiger partial charge is 0.293 e. The van der Waals surface area contributed by atoms with Gasteiger partial charge in [-0.2, -0.15) is 0 Å². The summed E-state index contributed by atoms with van der Waals surface area (Å²) in [6.07, 6.45) is -0.0741. The van der Waals surface area contributed by atoms with Crippen LogP contribution in [0.25, 0.3) is 0 Å². The van der Waals surface area contributed by atoms with Crippen LogP contribution in [0.2, 0.25) is 0 Å². The second kappa shape index (κ2) is 2.23. The Hall–Kier alpha value is -0.570. The first-order chi connectivity index (χ1) is 4.64. The summed E-state index contributed by atoms with van der Waals surface area (Å²) in [5.74, 6) is 0.137. The van der Waals surface area contributed by atoms with E-state index >= 15 is 0 Å². The fourth-order valence-electron chi connectivity index (χ4n) is 1.35. The monoisotopic (exact) mass is 144 g/mol. The summed E-state index contributed by atoms with van der Waals surface area (Å²) in [4.78, 5) is 9.90. The molecule has 0 spiro atoms. The summed E-state index contributed by atoms with van der Waals surface area (Å²) in [6, 6.07) is 0. The van der Waals surface area contributed by atoms with Gasteiger partial charge in [0, 0.05) is 11.3 Å². The molecule has 0 aliphatic heterocycles. The normalized spacial score (nSPS) is 35.1. The van der Waals surface area contributed by atoms with E-state index < -0.39 is 0 Å². The quantitative estimate of drug-likeness (QED) is 0.574. The Labute approximate surface area is 60.0 Å². The Kier molecular flexibility index (Phi) is 1.68. The molecule has 0 aromatic rings. The molecule has 0 radical (unpaired) electrons. The molecule has 1 saturated carbocycles. The maximum Gasteiger partial charge on any atom is 0.293 e. The Morgan fingerprint density at radius 2 is 2.30 bits per heavy atom. The first-order valence-corrected chi connectivity index (χ1v) is 3.34. The molecule has 0 bridgehead atoms. The number of rotatable bonds is 3. The van der Waals surface area contributed by atoms with E-state index in [4.69, 9.17) is 9.84 Å². The molecule has 0 heterocycles. The van der Waals surface area contributed by atoms with Gasteiger partial charge in [-0.25, -0.2) is 0 Å². The Morgan fingerprint density at radius 3 is 2.60 bits per heavy atom. The lowest BCUT2D eigenvalue weighted by Gasteiger charge is -1.97. The molecule has 1 rings (SSSR count). The van der Waals surface area contributed by atoms with Gasteiger partial charge < -0.3 is 9.84 Å². The third kappa shape index (κ3) is 0.904. The minimum absolute atomic E-state index is 0.0182. The lowest BCUT2D eigenvalue weighted by atomic mass is 10.1. The zero-order valence-electron chi connectivity index (χ0n) is 6.20. The van der Waals surface area contributed by atoms with Crippen LogP contribution in [0.4, 0.5) is 0 Å². The van der Waals surface area contributed by atoms with Crippen molar-refractivity contribution >= 4 is 6.47 Å². The Balaban J connectivity index is 2.44. The summed E-state index contributed by atoms with van der Waals surface area (Å²) >= 11 is 0. The number of carbonyl (C=O) groups is 1. The standard InChI is InChI=1S/C7H12O3/c1-7(2)5(3-8)6(7)10-4-9/h4-6,8H,3H2,1-2H3. The zero-order valence-corrected chi connectivity index (χ0v) is 6.20. The van der Waals surface area contributed by atoms with Crippen molar-refractivity contribution in [1.29, 1.82) is 0 Å². The fraction of sp³-hybridized carbons (Fsp3) is 0.857. The van der Waals surface area contributed by atoms with Gasteiger partial charge in [0.15, 0.2) is 0 Å². The highest BCUT2D eigenvalue weighted by atomic mass is 16.5. The second-order valence-corrected chi connectivity index (χ2v) is 3.26. The molecule has 0 saturated heterocycles. The van der Waals surface area contributed by atoms with E-state index in [1.165, 1.54) is 0 Å². The second-order valence-electron chi connectivity index (χ2n) is 3.26. The van der Waals surface area contributed by atoms with Crippen LogP contribution in [0.1, 0.15) is 13.8 Å². The highest BCUT2D eigenvalue weighted by Gasteiger charge is 2.59. The van der Waals surface area contributed by atoms with E-state index in [0.29, 0.717) is 6.47 Å². The molecule has 3 nitrogen and oxygen atoms in total. The SMILES string of the molecule is CC1(C)C(CO)C1OC=O. The topological polar surface area (TPSA) is 46.5 Å². The van der Waals surface area contributed by atoms with Crippen LogP contribution in [-0.4, -0.2) is 24.3 Å². The minimum atomic E-state index is -0.0741. The van der Waals surface area contributed by atoms with Crippen molar-refractivity contribution in [3.63, 3.8) is 0 Å². The van der Waals surface area contributed by atoms with Gasteiger partial charge in [-0.15, -0.1) is 0 Å². The largest absolute Gasteiger partial charge is 0.464 e. The third-order valence-electron chi connectivity index (χ3n) is 2.34. The van der Waals surface area contributed by atoms with Gasteiger partial charge in [0.25, 0.3) is 6.47 Å². The molecule has 0 amide bonds. The van der Waals surface area contributed by atoms with E-state index in [2.05, 4.69) is 0 Å². The summed E-state index contributed by atoms with van der Waals surface area (Å²) in [5.41, 5.74) is -0.0182. The van der Waals surface area contributed by atoms with Crippen molar-refractivity contribution in [1.82, 2.24) is 0 Å². The molecule has 1 aliphatic rings. The number of ether oxygens (including phenoxy) is 1. The van der Waals surface area contributed by atoms with Crippen molar-refractivity contribution < 1.29 is 14.6 Å². The lowest BCUT2D eigenvalue weighted by Crippen LogP contribution is -1.99. The number of aliphatic hydroxyl groups is 1. The van der Waals surface area contributed by atoms with Crippen LogP contribution in [0.5, 0.6) is 0 Å². The summed E-state index contributed by atoms with van der Waals surface area (Å²) < 4.78 is 4.73. The molecule has 0 aromatic carbocycles. The summed E-state index contributed by atoms with van der Waals surface area (Å²) in [5, 5.41) is 8.74. The first-order valence-electron chi connectivity index (χ1n) is 3.34. The van der Waals surface area contributed by atoms with E-state index in [1.807, 2.05) is 13.8 Å². The molecular weight excluding hydrogens is 132 g/mol. The lowest BCUT2D eigenvalue weighted by molar-refractivity contribution is -0.131. The van der Waals surface area contributed by atoms with Crippen molar-refractivity contribution in [3.05, 3.63) is 0 Å². The number of hydrogen-bond acceptors (Lipinski definition) is 3. The first kappa shape index (κ1) is 7.54. The molecule has 1 N–H and O–H groups in total. The van der Waals surface area contributed by atoms with Gasteiger partial charge in [-0.05, 0) is 0 Å². The average Bonchev–Trinajstić information content (AvgIpc) is 2.36. The van der Waals surface area contributed by atoms with E-state index in [-0.39, 0.29) is 24.0 Å². The van der Waals surface area contributed by atoms with E-state index in [1.54, 1.807) is 0 Å². The maximum atomic E-state index is 9.90. The van der Waals surface area contributed by atoms with Gasteiger partial charge in [0.1, 0.15) is 6.10 Å². The maximum absolute atomic E-state index is 9.90. The third-order valence-corrected chi connectivity index (χ3v) is 2.34. The number of carbonyl (C=O) groups excluding carboxylic acids is 1. The van der Waals surface area contributed by atoms with E-state index in [0.717, 1.165) is 0 Å². The van der Waals surface area contributed by atoms with Crippen LogP contribution >= 0.6 is 0 Å². The predicted molar refractivity (Wildman–Crippen MR) is 35.3 cm³/mol. The molecule has 58 valence electrons. The fourth-order valence-corrected chi connectivity index (χ4v) is 1.35. The van der Waals surface area contributed by atoms with Crippen molar-refractivity contribution in [3.8, 4) is 0 Å². The molecule has 3 heteroatoms. The molecule has 2 atom stereocenters. The average molecular weight is 144 g/mol. The molecule has 1 fully saturated rings. The molecular formula is C7H12O3. The zero-order chi connectivity index (χ0) is 7.78. The highest BCUT2D eigenvalue weighted by Crippen LogP contribution is 2.53. The van der Waals surface area contributed by atoms with Crippen LogP contribution < -0.4 is 0 Å². The van der Waals surface area contributed by atoms with Crippen LogP contribution in [0.15, 0.2) is 0 Å². The van der Waals surface area contributed by atoms with Crippen molar-refractivity contribution in [2.75, 3.05) is 6.61 Å². The minimum Gasteiger partial charge on any atom is -0.464 e. The highest BCUT2D eigenvalue weighted by molar-refractivity contribution is 5.39. The Morgan fingerprint density at radius 1 is 1.70 bits per heavy atom. The van der Waals surface area contributed by atoms with Crippen molar-refractivity contribution in [2.24, 2.45) is 11.3 Å². The Bertz CT molecular complexity index is 142. The van der Waals surface area contributed by atoms with Crippen LogP contribution in [-0.2, 0) is 9.53 Å². The van der Waals surface area contributed by atoms with Gasteiger partial charge >= 0.3 is 0 Å². The van der Waals surface area contributed by atoms with Gasteiger partial charge in [0.05, 0.1) is 6.61 Å². The summed E-state index contributed by atoms with van der Waals surface area (Å²) in [7, 11) is 0. The number of hydrogen-bond donors (Lipinski definition) is 1. The molecule has 2 unspecified atom stereocenters. The van der Waals surface area contributed by atoms with E-state index in [9.17, 15) is 4.79 Å². The molecule has 0 aromatic heterocycles. The van der Waals surface area contributed by atoms with Crippen LogP contribution in [0.3, 0.4) is 0 Å².